The maximum atomic E-state index is 8.46. The Morgan fingerprint density at radius 3 is 1.53 bits per heavy atom. The number of hydrogen-bond acceptors (Lipinski definition) is 0. The Morgan fingerprint density at radius 2 is 1.24 bits per heavy atom. The summed E-state index contributed by atoms with van der Waals surface area (Å²) >= 11 is 0. The van der Waals surface area contributed by atoms with Gasteiger partial charge in [-0.25, -0.2) is 0 Å². The van der Waals surface area contributed by atoms with Crippen molar-refractivity contribution in [2.24, 2.45) is 10.8 Å². The Hall–Kier alpha value is -0.780. The predicted molar refractivity (Wildman–Crippen MR) is 77.5 cm³/mol. The van der Waals surface area contributed by atoms with E-state index in [1.54, 1.807) is 18.2 Å². The lowest BCUT2D eigenvalue weighted by atomic mass is 9.82. The molecule has 0 saturated heterocycles. The average molecular weight is 236 g/mol. The minimum atomic E-state index is -1.51. The van der Waals surface area contributed by atoms with E-state index in [0.29, 0.717) is 11.1 Å². The van der Waals surface area contributed by atoms with E-state index in [9.17, 15) is 0 Å². The molecule has 17 heavy (non-hydrogen) atoms. The van der Waals surface area contributed by atoms with Gasteiger partial charge in [-0.05, 0) is 47.2 Å². The van der Waals surface area contributed by atoms with Crippen LogP contribution in [0.1, 0.15) is 63.7 Å². The van der Waals surface area contributed by atoms with Gasteiger partial charge in [0.1, 0.15) is 0 Å². The molecule has 0 amide bonds. The Labute approximate surface area is 113 Å². The molecule has 0 bridgehead atoms. The van der Waals surface area contributed by atoms with E-state index in [2.05, 4.69) is 0 Å². The summed E-state index contributed by atoms with van der Waals surface area (Å²) < 4.78 is 33.8. The monoisotopic (exact) mass is 236 g/mol. The first-order valence-electron chi connectivity index (χ1n) is 8.24. The Kier molecular flexibility index (Phi) is 2.62. The lowest BCUT2D eigenvalue weighted by Gasteiger charge is -2.24. The molecular weight excluding hydrogens is 204 g/mol. The highest BCUT2D eigenvalue weighted by atomic mass is 14.2. The molecule has 0 nitrogen and oxygen atoms in total. The third-order valence-electron chi connectivity index (χ3n) is 2.35. The summed E-state index contributed by atoms with van der Waals surface area (Å²) in [5.41, 5.74) is 0.786. The lowest BCUT2D eigenvalue weighted by Crippen LogP contribution is -2.14. The smallest absolute Gasteiger partial charge is 0.0321 e. The summed E-state index contributed by atoms with van der Waals surface area (Å²) in [6.45, 7) is 13.1. The van der Waals surface area contributed by atoms with E-state index in [1.165, 1.54) is 0 Å². The number of rotatable bonds is 2. The normalized spacial score (nSPS) is 18.1. The fourth-order valence-corrected chi connectivity index (χ4v) is 1.71. The number of hydrogen-bond donors (Lipinski definition) is 0. The van der Waals surface area contributed by atoms with Crippen LogP contribution in [0.2, 0.25) is 0 Å². The van der Waals surface area contributed by atoms with Gasteiger partial charge >= 0.3 is 0 Å². The van der Waals surface area contributed by atoms with Crippen LogP contribution in [0.15, 0.2) is 18.2 Å². The lowest BCUT2D eigenvalue weighted by molar-refractivity contribution is 0.404. The summed E-state index contributed by atoms with van der Waals surface area (Å²) in [5.74, 6) is 0. The molecule has 0 fully saturated rings. The van der Waals surface area contributed by atoms with Crippen molar-refractivity contribution in [1.82, 2.24) is 0 Å². The van der Waals surface area contributed by atoms with E-state index in [1.807, 2.05) is 48.5 Å². The second-order valence-corrected chi connectivity index (χ2v) is 6.73. The maximum Gasteiger partial charge on any atom is 0.0321 e. The third-order valence-corrected chi connectivity index (χ3v) is 2.35. The van der Waals surface area contributed by atoms with Crippen LogP contribution < -0.4 is 0 Å². The van der Waals surface area contributed by atoms with Gasteiger partial charge in [0, 0.05) is 5.48 Å². The van der Waals surface area contributed by atoms with Crippen molar-refractivity contribution in [2.75, 3.05) is 0 Å². The van der Waals surface area contributed by atoms with Crippen molar-refractivity contribution < 1.29 is 5.48 Å². The predicted octanol–water partition coefficient (Wildman–Crippen LogP) is 5.17. The molecule has 0 heteroatoms. The maximum absolute atomic E-state index is 8.46. The molecule has 0 aromatic heterocycles. The van der Waals surface area contributed by atoms with Gasteiger partial charge in [0.25, 0.3) is 0 Å². The molecule has 1 aromatic rings. The van der Waals surface area contributed by atoms with Gasteiger partial charge in [-0.15, -0.1) is 0 Å². The van der Waals surface area contributed by atoms with Gasteiger partial charge in [-0.1, -0.05) is 59.7 Å². The van der Waals surface area contributed by atoms with Crippen molar-refractivity contribution in [3.05, 3.63) is 34.9 Å². The first-order chi connectivity index (χ1) is 9.14. The van der Waals surface area contributed by atoms with E-state index in [4.69, 9.17) is 5.48 Å². The molecule has 0 saturated carbocycles. The van der Waals surface area contributed by atoms with Crippen LogP contribution in [0, 0.1) is 17.8 Å². The van der Waals surface area contributed by atoms with Crippen molar-refractivity contribution in [3.8, 4) is 0 Å². The Bertz CT molecular complexity index is 472. The van der Waals surface area contributed by atoms with Crippen LogP contribution in [-0.4, -0.2) is 0 Å². The van der Waals surface area contributed by atoms with E-state index < -0.39 is 23.6 Å². The van der Waals surface area contributed by atoms with Gasteiger partial charge in [0.05, 0.1) is 0 Å². The van der Waals surface area contributed by atoms with Gasteiger partial charge < -0.3 is 0 Å². The highest BCUT2D eigenvalue weighted by Gasteiger charge is 2.17. The molecule has 0 aliphatic heterocycles. The van der Waals surface area contributed by atoms with Crippen molar-refractivity contribution >= 4 is 0 Å². The largest absolute Gasteiger partial charge is 0.0617 e. The molecule has 0 aliphatic rings. The molecule has 96 valence electrons. The molecule has 0 N–H and O–H groups in total. The standard InChI is InChI=1S/C17H28/c1-13-14(11-16(2,3)4)9-8-10-15(13)12-17(5,6)7/h8-10H,11-12H2,1-7H3/i11D2,12D2. The molecule has 0 aliphatic carbocycles. The minimum Gasteiger partial charge on any atom is -0.0617 e. The molecule has 0 heterocycles. The highest BCUT2D eigenvalue weighted by Crippen LogP contribution is 2.28. The fourth-order valence-electron chi connectivity index (χ4n) is 1.71. The topological polar surface area (TPSA) is 0 Å². The summed E-state index contributed by atoms with van der Waals surface area (Å²) in [7, 11) is 0. The zero-order valence-corrected chi connectivity index (χ0v) is 12.2. The fraction of sp³-hybridized carbons (Fsp3) is 0.647. The molecule has 1 rings (SSSR count). The van der Waals surface area contributed by atoms with Gasteiger partial charge in [-0.3, -0.25) is 0 Å². The second kappa shape index (κ2) is 4.84. The molecule has 0 spiro atoms. The SMILES string of the molecule is [2H]C([2H])(c1cccc(C([2H])([2H])C(C)(C)C)c1C)C(C)(C)C. The van der Waals surface area contributed by atoms with Crippen LogP contribution in [0.25, 0.3) is 0 Å². The van der Waals surface area contributed by atoms with E-state index >= 15 is 0 Å². The third kappa shape index (κ3) is 4.93. The molecule has 0 atom stereocenters. The van der Waals surface area contributed by atoms with Crippen molar-refractivity contribution in [3.63, 3.8) is 0 Å². The number of benzene rings is 1. The molecule has 1 aromatic carbocycles. The average Bonchev–Trinajstić information content (AvgIpc) is 2.25. The Balaban J connectivity index is 3.56. The van der Waals surface area contributed by atoms with Crippen LogP contribution >= 0.6 is 0 Å². The summed E-state index contributed by atoms with van der Waals surface area (Å²) in [6, 6.07) is 5.33. The molecule has 0 radical (unpaired) electrons. The summed E-state index contributed by atoms with van der Waals surface area (Å²) in [4.78, 5) is 0. The van der Waals surface area contributed by atoms with E-state index in [-0.39, 0.29) is 0 Å². The molecule has 0 unspecified atom stereocenters. The van der Waals surface area contributed by atoms with Crippen LogP contribution in [0.4, 0.5) is 0 Å². The van der Waals surface area contributed by atoms with Crippen molar-refractivity contribution in [1.29, 1.82) is 0 Å². The highest BCUT2D eigenvalue weighted by molar-refractivity contribution is 5.35. The summed E-state index contributed by atoms with van der Waals surface area (Å²) in [6.07, 6.45) is -3.03. The summed E-state index contributed by atoms with van der Waals surface area (Å²) in [5, 5.41) is 0. The van der Waals surface area contributed by atoms with Gasteiger partial charge in [0.2, 0.25) is 0 Å². The second-order valence-electron chi connectivity index (χ2n) is 6.73. The minimum absolute atomic E-state index is 0.551. The van der Waals surface area contributed by atoms with E-state index in [0.717, 1.165) is 5.56 Å². The van der Waals surface area contributed by atoms with Gasteiger partial charge in [-0.2, -0.15) is 0 Å². The van der Waals surface area contributed by atoms with Crippen LogP contribution in [-0.2, 0) is 12.7 Å². The first kappa shape index (κ1) is 9.19. The van der Waals surface area contributed by atoms with Gasteiger partial charge in [0.15, 0.2) is 0 Å². The zero-order valence-electron chi connectivity index (χ0n) is 16.2. The Morgan fingerprint density at radius 1 is 0.882 bits per heavy atom. The zero-order chi connectivity index (χ0) is 16.9. The molecular formula is C17H28. The van der Waals surface area contributed by atoms with Crippen molar-refractivity contribution in [2.45, 2.75) is 61.2 Å². The quantitative estimate of drug-likeness (QED) is 0.664. The first-order valence-corrected chi connectivity index (χ1v) is 6.24. The van der Waals surface area contributed by atoms with Crippen LogP contribution in [0.3, 0.4) is 0 Å². The van der Waals surface area contributed by atoms with Crippen LogP contribution in [0.5, 0.6) is 0 Å².